The quantitative estimate of drug-likeness (QED) is 0.377. The third-order valence-corrected chi connectivity index (χ3v) is 5.64. The molecule has 0 saturated carbocycles. The summed E-state index contributed by atoms with van der Waals surface area (Å²) in [5.74, 6) is -0.943. The van der Waals surface area contributed by atoms with Gasteiger partial charge in [0.15, 0.2) is 0 Å². The van der Waals surface area contributed by atoms with Crippen LogP contribution < -0.4 is 15.0 Å². The summed E-state index contributed by atoms with van der Waals surface area (Å²) in [6.45, 7) is 4.24. The topological polar surface area (TPSA) is 75.7 Å². The van der Waals surface area contributed by atoms with E-state index >= 15 is 0 Å². The van der Waals surface area contributed by atoms with Crippen LogP contribution in [0.2, 0.25) is 0 Å². The van der Waals surface area contributed by atoms with Crippen molar-refractivity contribution >= 4 is 45.5 Å². The summed E-state index contributed by atoms with van der Waals surface area (Å²) in [4.78, 5) is 39.1. The first-order valence-electron chi connectivity index (χ1n) is 10.3. The zero-order valence-corrected chi connectivity index (χ0v) is 19.7. The number of nitrogens with one attached hydrogen (secondary N) is 1. The highest BCUT2D eigenvalue weighted by atomic mass is 79.9. The lowest BCUT2D eigenvalue weighted by Crippen LogP contribution is -2.54. The van der Waals surface area contributed by atoms with E-state index in [1.807, 2.05) is 44.2 Å². The van der Waals surface area contributed by atoms with E-state index in [4.69, 9.17) is 4.74 Å². The Kier molecular flexibility index (Phi) is 6.42. The van der Waals surface area contributed by atoms with E-state index in [0.29, 0.717) is 23.6 Å². The van der Waals surface area contributed by atoms with Crippen molar-refractivity contribution in [2.75, 3.05) is 4.90 Å². The molecule has 6 nitrogen and oxygen atoms in total. The Morgan fingerprint density at radius 2 is 1.70 bits per heavy atom. The molecule has 0 aromatic heterocycles. The van der Waals surface area contributed by atoms with E-state index in [2.05, 4.69) is 21.2 Å². The molecule has 1 heterocycles. The minimum Gasteiger partial charge on any atom is -0.488 e. The van der Waals surface area contributed by atoms with E-state index in [1.54, 1.807) is 36.4 Å². The van der Waals surface area contributed by atoms with Gasteiger partial charge in [0.05, 0.1) is 5.69 Å². The smallest absolute Gasteiger partial charge is 0.335 e. The van der Waals surface area contributed by atoms with Crippen molar-refractivity contribution in [2.45, 2.75) is 20.5 Å². The fourth-order valence-corrected chi connectivity index (χ4v) is 3.85. The number of anilines is 1. The maximum Gasteiger partial charge on any atom is 0.335 e. The second kappa shape index (κ2) is 9.42. The molecule has 33 heavy (non-hydrogen) atoms. The van der Waals surface area contributed by atoms with Crippen molar-refractivity contribution in [3.63, 3.8) is 0 Å². The van der Waals surface area contributed by atoms with Crippen molar-refractivity contribution in [1.82, 2.24) is 5.32 Å². The van der Waals surface area contributed by atoms with Gasteiger partial charge < -0.3 is 4.74 Å². The van der Waals surface area contributed by atoms with Crippen LogP contribution in [-0.4, -0.2) is 17.8 Å². The van der Waals surface area contributed by atoms with Gasteiger partial charge >= 0.3 is 6.03 Å². The second-order valence-corrected chi connectivity index (χ2v) is 8.67. The molecule has 0 unspecified atom stereocenters. The number of barbiturate groups is 1. The molecule has 7 heteroatoms. The number of rotatable bonds is 5. The minimum atomic E-state index is -0.781. The van der Waals surface area contributed by atoms with Gasteiger partial charge in [0, 0.05) is 10.0 Å². The maximum absolute atomic E-state index is 13.2. The summed E-state index contributed by atoms with van der Waals surface area (Å²) >= 11 is 3.43. The fraction of sp³-hybridized carbons (Fsp3) is 0.115. The van der Waals surface area contributed by atoms with Crippen molar-refractivity contribution in [2.24, 2.45) is 0 Å². The molecule has 3 aromatic rings. The number of benzene rings is 3. The normalized spacial score (nSPS) is 15.1. The molecule has 4 amide bonds. The van der Waals surface area contributed by atoms with Gasteiger partial charge in [0.25, 0.3) is 11.8 Å². The summed E-state index contributed by atoms with van der Waals surface area (Å²) < 4.78 is 6.76. The van der Waals surface area contributed by atoms with Gasteiger partial charge in [0.2, 0.25) is 0 Å². The van der Waals surface area contributed by atoms with Crippen LogP contribution in [0.1, 0.15) is 22.3 Å². The highest BCUT2D eigenvalue weighted by Crippen LogP contribution is 2.29. The van der Waals surface area contributed by atoms with Crippen LogP contribution in [-0.2, 0) is 16.2 Å². The van der Waals surface area contributed by atoms with Crippen molar-refractivity contribution in [3.8, 4) is 5.75 Å². The average molecular weight is 505 g/mol. The Morgan fingerprint density at radius 3 is 2.42 bits per heavy atom. The second-order valence-electron chi connectivity index (χ2n) is 7.75. The number of carbonyl (C=O) groups is 3. The molecule has 0 aliphatic carbocycles. The molecule has 4 rings (SSSR count). The first-order chi connectivity index (χ1) is 15.8. The summed E-state index contributed by atoms with van der Waals surface area (Å²) in [5.41, 5.74) is 3.87. The van der Waals surface area contributed by atoms with Crippen LogP contribution in [0.4, 0.5) is 10.5 Å². The van der Waals surface area contributed by atoms with Crippen LogP contribution >= 0.6 is 15.9 Å². The lowest BCUT2D eigenvalue weighted by atomic mass is 10.1. The standard InChI is InChI=1S/C26H21BrN2O4/c1-16-6-9-21(10-7-16)29-25(31)22(24(30)28-26(29)32)14-19-13-20(27)8-11-23(19)33-15-18-5-3-4-17(2)12-18/h3-14H,15H2,1-2H3,(H,28,30,32)/b22-14+. The third kappa shape index (κ3) is 5.04. The van der Waals surface area contributed by atoms with Gasteiger partial charge in [-0.05, 0) is 55.8 Å². The van der Waals surface area contributed by atoms with Gasteiger partial charge in [-0.3, -0.25) is 14.9 Å². The van der Waals surface area contributed by atoms with Crippen LogP contribution in [0.25, 0.3) is 6.08 Å². The Morgan fingerprint density at radius 1 is 0.939 bits per heavy atom. The van der Waals surface area contributed by atoms with Gasteiger partial charge in [-0.1, -0.05) is 63.5 Å². The molecular weight excluding hydrogens is 484 g/mol. The zero-order valence-electron chi connectivity index (χ0n) is 18.1. The maximum atomic E-state index is 13.2. The Balaban J connectivity index is 1.67. The molecule has 1 aliphatic heterocycles. The van der Waals surface area contributed by atoms with Gasteiger partial charge in [-0.25, -0.2) is 9.69 Å². The van der Waals surface area contributed by atoms with Crippen LogP contribution in [0, 0.1) is 13.8 Å². The van der Waals surface area contributed by atoms with Crippen LogP contribution in [0.3, 0.4) is 0 Å². The fourth-order valence-electron chi connectivity index (χ4n) is 3.47. The van der Waals surface area contributed by atoms with Gasteiger partial charge in [0.1, 0.15) is 17.9 Å². The SMILES string of the molecule is Cc1ccc(N2C(=O)NC(=O)/C(=C\c3cc(Br)ccc3OCc3cccc(C)c3)C2=O)cc1. The predicted molar refractivity (Wildman–Crippen MR) is 130 cm³/mol. The van der Waals surface area contributed by atoms with Crippen molar-refractivity contribution in [1.29, 1.82) is 0 Å². The molecular formula is C26H21BrN2O4. The predicted octanol–water partition coefficient (Wildman–Crippen LogP) is 5.31. The molecule has 3 aromatic carbocycles. The first-order valence-corrected chi connectivity index (χ1v) is 11.1. The van der Waals surface area contributed by atoms with Crippen molar-refractivity contribution in [3.05, 3.63) is 99.0 Å². The van der Waals surface area contributed by atoms with Gasteiger partial charge in [-0.15, -0.1) is 0 Å². The summed E-state index contributed by atoms with van der Waals surface area (Å²) in [6.07, 6.45) is 1.45. The summed E-state index contributed by atoms with van der Waals surface area (Å²) in [6, 6.07) is 19.4. The molecule has 1 saturated heterocycles. The first kappa shape index (κ1) is 22.5. The molecule has 1 fully saturated rings. The Bertz CT molecular complexity index is 1280. The molecule has 0 spiro atoms. The monoisotopic (exact) mass is 504 g/mol. The number of nitrogens with zero attached hydrogens (tertiary/aromatic N) is 1. The van der Waals surface area contributed by atoms with E-state index < -0.39 is 17.8 Å². The lowest BCUT2D eigenvalue weighted by Gasteiger charge is -2.26. The molecule has 1 N–H and O–H groups in total. The Hall–Kier alpha value is -3.71. The number of hydrogen-bond acceptors (Lipinski definition) is 4. The van der Waals surface area contributed by atoms with Crippen LogP contribution in [0.15, 0.2) is 76.8 Å². The highest BCUT2D eigenvalue weighted by Gasteiger charge is 2.37. The van der Waals surface area contributed by atoms with E-state index in [-0.39, 0.29) is 5.57 Å². The zero-order chi connectivity index (χ0) is 23.5. The summed E-state index contributed by atoms with van der Waals surface area (Å²) in [7, 11) is 0. The third-order valence-electron chi connectivity index (χ3n) is 5.14. The number of carbonyl (C=O) groups excluding carboxylic acids is 3. The Labute approximate surface area is 200 Å². The molecule has 166 valence electrons. The van der Waals surface area contributed by atoms with Gasteiger partial charge in [-0.2, -0.15) is 0 Å². The molecule has 0 radical (unpaired) electrons. The lowest BCUT2D eigenvalue weighted by molar-refractivity contribution is -0.122. The van der Waals surface area contributed by atoms with E-state index in [0.717, 1.165) is 26.1 Å². The average Bonchev–Trinajstić information content (AvgIpc) is 2.77. The highest BCUT2D eigenvalue weighted by molar-refractivity contribution is 9.10. The largest absolute Gasteiger partial charge is 0.488 e. The number of imide groups is 2. The number of amides is 4. The molecule has 0 atom stereocenters. The number of halogens is 1. The van der Waals surface area contributed by atoms with Crippen molar-refractivity contribution < 1.29 is 19.1 Å². The molecule has 0 bridgehead atoms. The van der Waals surface area contributed by atoms with E-state index in [9.17, 15) is 14.4 Å². The summed E-state index contributed by atoms with van der Waals surface area (Å²) in [5, 5.41) is 2.25. The van der Waals surface area contributed by atoms with Crippen LogP contribution in [0.5, 0.6) is 5.75 Å². The minimum absolute atomic E-state index is 0.159. The molecule has 1 aliphatic rings. The van der Waals surface area contributed by atoms with E-state index in [1.165, 1.54) is 6.08 Å². The number of hydrogen-bond donors (Lipinski definition) is 1. The number of ether oxygens (including phenoxy) is 1. The number of urea groups is 1. The number of aryl methyl sites for hydroxylation is 2.